The minimum Gasteiger partial charge on any atom is -0.261 e. The van der Waals surface area contributed by atoms with E-state index in [-0.39, 0.29) is 0 Å². The molecule has 3 heteroatoms. The highest BCUT2D eigenvalue weighted by Crippen LogP contribution is 2.32. The molecule has 0 amide bonds. The summed E-state index contributed by atoms with van der Waals surface area (Å²) in [5, 5.41) is 2.15. The van der Waals surface area contributed by atoms with E-state index in [4.69, 9.17) is 23.2 Å². The number of hydrogen-bond acceptors (Lipinski definition) is 1. The number of alkyl halides is 2. The van der Waals surface area contributed by atoms with Crippen LogP contribution >= 0.6 is 23.2 Å². The van der Waals surface area contributed by atoms with E-state index in [1.54, 1.807) is 0 Å². The molecule has 14 heavy (non-hydrogen) atoms. The van der Waals surface area contributed by atoms with E-state index in [2.05, 4.69) is 4.98 Å². The van der Waals surface area contributed by atoms with Crippen molar-refractivity contribution in [2.24, 2.45) is 0 Å². The van der Waals surface area contributed by atoms with Gasteiger partial charge in [-0.2, -0.15) is 0 Å². The molecule has 0 atom stereocenters. The van der Waals surface area contributed by atoms with Crippen molar-refractivity contribution in [2.75, 3.05) is 0 Å². The summed E-state index contributed by atoms with van der Waals surface area (Å²) in [5.74, 6) is 0. The highest BCUT2D eigenvalue weighted by atomic mass is 35.5. The third-order valence-corrected chi connectivity index (χ3v) is 2.69. The molecule has 0 saturated carbocycles. The molecule has 2 rings (SSSR count). The van der Waals surface area contributed by atoms with Crippen LogP contribution in [0.3, 0.4) is 0 Å². The quantitative estimate of drug-likeness (QED) is 0.669. The number of pyridine rings is 1. The van der Waals surface area contributed by atoms with Gasteiger partial charge in [-0.3, -0.25) is 4.98 Å². The average molecular weight is 226 g/mol. The smallest absolute Gasteiger partial charge is 0.135 e. The summed E-state index contributed by atoms with van der Waals surface area (Å²) in [5.41, 5.74) is 1.80. The molecule has 0 spiro atoms. The van der Waals surface area contributed by atoms with Gasteiger partial charge in [-0.1, -0.05) is 47.5 Å². The van der Waals surface area contributed by atoms with Crippen LogP contribution in [-0.2, 0) is 0 Å². The molecule has 1 aromatic heterocycles. The molecule has 0 aliphatic heterocycles. The summed E-state index contributed by atoms with van der Waals surface area (Å²) >= 11 is 11.8. The van der Waals surface area contributed by atoms with Crippen molar-refractivity contribution < 1.29 is 0 Å². The number of rotatable bonds is 1. The van der Waals surface area contributed by atoms with E-state index in [0.717, 1.165) is 22.0 Å². The molecule has 0 radical (unpaired) electrons. The highest BCUT2D eigenvalue weighted by Gasteiger charge is 2.11. The molecule has 1 heterocycles. The lowest BCUT2D eigenvalue weighted by Crippen LogP contribution is -1.93. The van der Waals surface area contributed by atoms with Gasteiger partial charge >= 0.3 is 0 Å². The summed E-state index contributed by atoms with van der Waals surface area (Å²) in [6.45, 7) is 1.92. The zero-order valence-corrected chi connectivity index (χ0v) is 9.18. The topological polar surface area (TPSA) is 12.9 Å². The molecular formula is C11H9Cl2N. The van der Waals surface area contributed by atoms with Gasteiger partial charge in [0, 0.05) is 22.8 Å². The normalized spacial score (nSPS) is 11.1. The van der Waals surface area contributed by atoms with Crippen LogP contribution in [0, 0.1) is 6.92 Å². The van der Waals surface area contributed by atoms with Crippen molar-refractivity contribution in [3.63, 3.8) is 0 Å². The number of aryl methyl sites for hydroxylation is 1. The second kappa shape index (κ2) is 3.76. The number of hydrogen-bond donors (Lipinski definition) is 0. The first-order chi connectivity index (χ1) is 6.70. The molecule has 0 bridgehead atoms. The van der Waals surface area contributed by atoms with Crippen LogP contribution in [0.15, 0.2) is 30.5 Å². The van der Waals surface area contributed by atoms with Gasteiger partial charge in [-0.15, -0.1) is 0 Å². The number of halogens is 2. The first-order valence-electron chi connectivity index (χ1n) is 4.32. The van der Waals surface area contributed by atoms with Crippen LogP contribution in [0.5, 0.6) is 0 Å². The van der Waals surface area contributed by atoms with E-state index in [1.165, 1.54) is 0 Å². The van der Waals surface area contributed by atoms with E-state index < -0.39 is 4.84 Å². The average Bonchev–Trinajstić information content (AvgIpc) is 2.17. The first-order valence-corrected chi connectivity index (χ1v) is 5.20. The summed E-state index contributed by atoms with van der Waals surface area (Å²) in [6, 6.07) is 7.96. The fraction of sp³-hybridized carbons (Fsp3) is 0.182. The van der Waals surface area contributed by atoms with Crippen molar-refractivity contribution in [1.29, 1.82) is 0 Å². The Balaban J connectivity index is 2.83. The summed E-state index contributed by atoms with van der Waals surface area (Å²) in [7, 11) is 0. The van der Waals surface area contributed by atoms with Crippen molar-refractivity contribution in [3.05, 3.63) is 41.7 Å². The number of nitrogens with zero attached hydrogens (tertiary/aromatic N) is 1. The number of aromatic nitrogens is 1. The predicted octanol–water partition coefficient (Wildman–Crippen LogP) is 4.02. The van der Waals surface area contributed by atoms with E-state index in [0.29, 0.717) is 0 Å². The second-order valence-electron chi connectivity index (χ2n) is 3.15. The van der Waals surface area contributed by atoms with Crippen LogP contribution in [0.25, 0.3) is 10.8 Å². The molecule has 0 unspecified atom stereocenters. The van der Waals surface area contributed by atoms with E-state index >= 15 is 0 Å². The molecular weight excluding hydrogens is 217 g/mol. The molecule has 0 saturated heterocycles. The Labute approximate surface area is 92.7 Å². The van der Waals surface area contributed by atoms with Crippen LogP contribution in [0.2, 0.25) is 0 Å². The molecule has 1 aromatic carbocycles. The minimum atomic E-state index is -0.520. The van der Waals surface area contributed by atoms with Gasteiger partial charge < -0.3 is 0 Å². The van der Waals surface area contributed by atoms with Crippen molar-refractivity contribution in [2.45, 2.75) is 11.8 Å². The Morgan fingerprint density at radius 1 is 1.21 bits per heavy atom. The van der Waals surface area contributed by atoms with Crippen molar-refractivity contribution in [3.8, 4) is 0 Å². The molecule has 0 fully saturated rings. The predicted molar refractivity (Wildman–Crippen MR) is 60.9 cm³/mol. The molecule has 0 N–H and O–H groups in total. The standard InChI is InChI=1S/C11H9Cl2N/c1-7-10(11(12)13)9-5-3-2-4-8(9)6-14-7/h2-6,11H,1H3. The fourth-order valence-electron chi connectivity index (χ4n) is 1.56. The van der Waals surface area contributed by atoms with E-state index in [9.17, 15) is 0 Å². The molecule has 2 aromatic rings. The van der Waals surface area contributed by atoms with Crippen molar-refractivity contribution >= 4 is 34.0 Å². The molecule has 0 aliphatic rings. The van der Waals surface area contributed by atoms with Crippen LogP contribution in [0.4, 0.5) is 0 Å². The molecule has 0 aliphatic carbocycles. The minimum absolute atomic E-state index is 0.520. The number of benzene rings is 1. The largest absolute Gasteiger partial charge is 0.261 e. The zero-order chi connectivity index (χ0) is 10.1. The highest BCUT2D eigenvalue weighted by molar-refractivity contribution is 6.44. The van der Waals surface area contributed by atoms with Gasteiger partial charge in [-0.05, 0) is 12.3 Å². The lowest BCUT2D eigenvalue weighted by molar-refractivity contribution is 1.15. The second-order valence-corrected chi connectivity index (χ2v) is 4.24. The van der Waals surface area contributed by atoms with Gasteiger partial charge in [0.1, 0.15) is 4.84 Å². The van der Waals surface area contributed by atoms with Crippen LogP contribution in [-0.4, -0.2) is 4.98 Å². The van der Waals surface area contributed by atoms with Crippen molar-refractivity contribution in [1.82, 2.24) is 4.98 Å². The summed E-state index contributed by atoms with van der Waals surface area (Å²) < 4.78 is 0. The Kier molecular flexibility index (Phi) is 2.62. The maximum atomic E-state index is 5.91. The van der Waals surface area contributed by atoms with Gasteiger partial charge in [-0.25, -0.2) is 0 Å². The third-order valence-electron chi connectivity index (χ3n) is 2.26. The maximum Gasteiger partial charge on any atom is 0.135 e. The van der Waals surface area contributed by atoms with Gasteiger partial charge in [0.15, 0.2) is 0 Å². The monoisotopic (exact) mass is 225 g/mol. The van der Waals surface area contributed by atoms with Crippen LogP contribution in [0.1, 0.15) is 16.1 Å². The molecule has 72 valence electrons. The number of fused-ring (bicyclic) bond motifs is 1. The maximum absolute atomic E-state index is 5.91. The Hall–Kier alpha value is -0.790. The van der Waals surface area contributed by atoms with Crippen LogP contribution < -0.4 is 0 Å². The summed E-state index contributed by atoms with van der Waals surface area (Å²) in [6.07, 6.45) is 1.84. The SMILES string of the molecule is Cc1ncc2ccccc2c1C(Cl)Cl. The lowest BCUT2D eigenvalue weighted by atomic mass is 10.1. The van der Waals surface area contributed by atoms with E-state index in [1.807, 2.05) is 37.4 Å². The molecule has 1 nitrogen and oxygen atoms in total. The van der Waals surface area contributed by atoms with Gasteiger partial charge in [0.05, 0.1) is 0 Å². The Morgan fingerprint density at radius 3 is 2.64 bits per heavy atom. The Morgan fingerprint density at radius 2 is 1.93 bits per heavy atom. The summed E-state index contributed by atoms with van der Waals surface area (Å²) in [4.78, 5) is 3.74. The Bertz CT molecular complexity index is 466. The third kappa shape index (κ3) is 1.58. The fourth-order valence-corrected chi connectivity index (χ4v) is 2.11. The van der Waals surface area contributed by atoms with Gasteiger partial charge in [0.2, 0.25) is 0 Å². The van der Waals surface area contributed by atoms with Gasteiger partial charge in [0.25, 0.3) is 0 Å². The lowest BCUT2D eigenvalue weighted by Gasteiger charge is -2.09. The zero-order valence-electron chi connectivity index (χ0n) is 7.67. The first kappa shape index (κ1) is 9.75.